The van der Waals surface area contributed by atoms with Gasteiger partial charge in [-0.25, -0.2) is 19.2 Å². The lowest BCUT2D eigenvalue weighted by molar-refractivity contribution is 0.153. The van der Waals surface area contributed by atoms with E-state index in [1.165, 1.54) is 18.5 Å². The van der Waals surface area contributed by atoms with Crippen LogP contribution >= 0.6 is 0 Å². The zero-order chi connectivity index (χ0) is 22.8. The molecule has 0 radical (unpaired) electrons. The molecule has 5 aromatic rings. The predicted octanol–water partition coefficient (Wildman–Crippen LogP) is 3.81. The molecule has 0 fully saturated rings. The van der Waals surface area contributed by atoms with E-state index in [1.54, 1.807) is 12.3 Å². The average molecular weight is 445 g/mol. The van der Waals surface area contributed by atoms with E-state index < -0.39 is 6.09 Å². The lowest BCUT2D eigenvalue weighted by atomic mass is 10.2. The quantitative estimate of drug-likeness (QED) is 0.394. The number of nitrogens with zero attached hydrogens (tertiary/aromatic N) is 5. The first-order chi connectivity index (χ1) is 16.1. The van der Waals surface area contributed by atoms with Gasteiger partial charge in [-0.2, -0.15) is 5.10 Å². The number of halogens is 1. The van der Waals surface area contributed by atoms with Crippen molar-refractivity contribution in [2.45, 2.75) is 13.1 Å². The first-order valence-electron chi connectivity index (χ1n) is 10.3. The van der Waals surface area contributed by atoms with Crippen LogP contribution in [0.4, 0.5) is 20.7 Å². The summed E-state index contributed by atoms with van der Waals surface area (Å²) in [7, 11) is 0. The molecular weight excluding hydrogens is 425 g/mol. The first kappa shape index (κ1) is 20.4. The van der Waals surface area contributed by atoms with Crippen LogP contribution in [0.1, 0.15) is 5.56 Å². The van der Waals surface area contributed by atoms with Gasteiger partial charge in [0.05, 0.1) is 30.3 Å². The van der Waals surface area contributed by atoms with Crippen LogP contribution in [0.2, 0.25) is 0 Å². The molecule has 2 aromatic carbocycles. The van der Waals surface area contributed by atoms with E-state index >= 15 is 0 Å². The van der Waals surface area contributed by atoms with Crippen LogP contribution < -0.4 is 11.1 Å². The summed E-state index contributed by atoms with van der Waals surface area (Å²) in [5.74, 6) is 0.355. The minimum atomic E-state index is -0.813. The van der Waals surface area contributed by atoms with Gasteiger partial charge in [-0.05, 0) is 42.0 Å². The fourth-order valence-electron chi connectivity index (χ4n) is 3.79. The molecule has 10 heteroatoms. The van der Waals surface area contributed by atoms with Crippen LogP contribution in [0.15, 0.2) is 67.3 Å². The highest BCUT2D eigenvalue weighted by Crippen LogP contribution is 2.26. The highest BCUT2D eigenvalue weighted by atomic mass is 19.1. The number of fused-ring (bicyclic) bond motifs is 2. The van der Waals surface area contributed by atoms with Gasteiger partial charge in [0.15, 0.2) is 5.82 Å². The predicted molar refractivity (Wildman–Crippen MR) is 122 cm³/mol. The number of benzene rings is 2. The standard InChI is InChI=1S/C23H20FN7O2/c24-17-3-1-2-15(10-17)13-31-20-5-4-18(11-16(20)12-28-31)29-22-21-19(26-14-27-22)6-7-30(21)8-9-33-23(25)32/h1-7,10-12,14H,8-9,13H2,(H2,25,32)(H,26,27,29). The number of hydrogen-bond acceptors (Lipinski definition) is 6. The molecule has 33 heavy (non-hydrogen) atoms. The van der Waals surface area contributed by atoms with Gasteiger partial charge in [-0.3, -0.25) is 4.68 Å². The topological polar surface area (TPSA) is 113 Å². The van der Waals surface area contributed by atoms with Crippen molar-refractivity contribution in [1.29, 1.82) is 0 Å². The summed E-state index contributed by atoms with van der Waals surface area (Å²) in [5.41, 5.74) is 9.19. The average Bonchev–Trinajstić information content (AvgIpc) is 3.38. The second-order valence-electron chi connectivity index (χ2n) is 7.46. The third-order valence-electron chi connectivity index (χ3n) is 5.25. The minimum Gasteiger partial charge on any atom is -0.448 e. The number of ether oxygens (including phenoxy) is 1. The molecule has 0 aliphatic heterocycles. The Kier molecular flexibility index (Phi) is 5.31. The van der Waals surface area contributed by atoms with Crippen LogP contribution in [0.3, 0.4) is 0 Å². The largest absolute Gasteiger partial charge is 0.448 e. The number of carbonyl (C=O) groups excluding carboxylic acids is 1. The van der Waals surface area contributed by atoms with Gasteiger partial charge in [0.25, 0.3) is 0 Å². The monoisotopic (exact) mass is 445 g/mol. The van der Waals surface area contributed by atoms with Gasteiger partial charge in [0, 0.05) is 17.3 Å². The molecule has 5 rings (SSSR count). The van der Waals surface area contributed by atoms with Crippen LogP contribution in [0, 0.1) is 5.82 Å². The van der Waals surface area contributed by atoms with E-state index in [2.05, 4.69) is 20.4 Å². The second-order valence-corrected chi connectivity index (χ2v) is 7.46. The fraction of sp³-hybridized carbons (Fsp3) is 0.130. The number of amides is 1. The molecule has 3 N–H and O–H groups in total. The molecule has 0 saturated carbocycles. The summed E-state index contributed by atoms with van der Waals surface area (Å²) >= 11 is 0. The highest BCUT2D eigenvalue weighted by molar-refractivity contribution is 5.90. The van der Waals surface area contributed by atoms with Gasteiger partial charge < -0.3 is 20.4 Å². The van der Waals surface area contributed by atoms with Crippen molar-refractivity contribution in [1.82, 2.24) is 24.3 Å². The summed E-state index contributed by atoms with van der Waals surface area (Å²) in [6.07, 6.45) is 4.31. The Morgan fingerprint density at radius 1 is 1.15 bits per heavy atom. The van der Waals surface area contributed by atoms with Crippen LogP contribution in [-0.4, -0.2) is 37.0 Å². The lowest BCUT2D eigenvalue weighted by Gasteiger charge is -2.11. The zero-order valence-corrected chi connectivity index (χ0v) is 17.5. The maximum Gasteiger partial charge on any atom is 0.404 e. The molecule has 166 valence electrons. The van der Waals surface area contributed by atoms with Crippen molar-refractivity contribution in [3.8, 4) is 0 Å². The number of primary amides is 1. The minimum absolute atomic E-state index is 0.143. The molecule has 1 amide bonds. The highest BCUT2D eigenvalue weighted by Gasteiger charge is 2.11. The number of anilines is 2. The molecule has 0 unspecified atom stereocenters. The number of nitrogens with two attached hydrogens (primary N) is 1. The van der Waals surface area contributed by atoms with E-state index in [0.29, 0.717) is 18.9 Å². The Labute approximate surface area is 187 Å². The van der Waals surface area contributed by atoms with E-state index in [4.69, 9.17) is 10.5 Å². The van der Waals surface area contributed by atoms with Crippen molar-refractivity contribution in [3.05, 3.63) is 78.6 Å². The molecule has 9 nitrogen and oxygen atoms in total. The van der Waals surface area contributed by atoms with Gasteiger partial charge in [-0.1, -0.05) is 12.1 Å². The fourth-order valence-corrected chi connectivity index (χ4v) is 3.79. The van der Waals surface area contributed by atoms with Crippen LogP contribution in [0.5, 0.6) is 0 Å². The Morgan fingerprint density at radius 3 is 2.91 bits per heavy atom. The summed E-state index contributed by atoms with van der Waals surface area (Å²) in [6, 6.07) is 14.2. The van der Waals surface area contributed by atoms with Crippen molar-refractivity contribution in [2.75, 3.05) is 11.9 Å². The maximum atomic E-state index is 13.5. The van der Waals surface area contributed by atoms with E-state index in [9.17, 15) is 9.18 Å². The summed E-state index contributed by atoms with van der Waals surface area (Å²) in [5, 5.41) is 8.73. The maximum absolute atomic E-state index is 13.5. The molecule has 3 heterocycles. The van der Waals surface area contributed by atoms with Gasteiger partial charge >= 0.3 is 6.09 Å². The molecule has 0 spiro atoms. The van der Waals surface area contributed by atoms with Crippen LogP contribution in [0.25, 0.3) is 21.9 Å². The van der Waals surface area contributed by atoms with Crippen molar-refractivity contribution in [2.24, 2.45) is 5.73 Å². The number of hydrogen-bond donors (Lipinski definition) is 2. The van der Waals surface area contributed by atoms with Crippen molar-refractivity contribution in [3.63, 3.8) is 0 Å². The second kappa shape index (κ2) is 8.58. The summed E-state index contributed by atoms with van der Waals surface area (Å²) in [4.78, 5) is 19.6. The Balaban J connectivity index is 1.40. The summed E-state index contributed by atoms with van der Waals surface area (Å²) in [6.45, 7) is 1.03. The molecule has 3 aromatic heterocycles. The number of aromatic nitrogens is 5. The first-order valence-corrected chi connectivity index (χ1v) is 10.3. The molecule has 0 saturated heterocycles. The van der Waals surface area contributed by atoms with Crippen LogP contribution in [-0.2, 0) is 17.8 Å². The Morgan fingerprint density at radius 2 is 2.06 bits per heavy atom. The SMILES string of the molecule is NC(=O)OCCn1ccc2ncnc(Nc3ccc4c(cnn4Cc4cccc(F)c4)c3)c21. The van der Waals surface area contributed by atoms with Crippen molar-refractivity contribution >= 4 is 39.5 Å². The Hall–Kier alpha value is -4.47. The van der Waals surface area contributed by atoms with Crippen molar-refractivity contribution < 1.29 is 13.9 Å². The molecule has 0 atom stereocenters. The van der Waals surface area contributed by atoms with Gasteiger partial charge in [0.2, 0.25) is 0 Å². The van der Waals surface area contributed by atoms with E-state index in [0.717, 1.165) is 33.2 Å². The zero-order valence-electron chi connectivity index (χ0n) is 17.5. The third kappa shape index (κ3) is 4.31. The van der Waals surface area contributed by atoms with Gasteiger partial charge in [0.1, 0.15) is 24.3 Å². The molecular formula is C23H20FN7O2. The smallest absolute Gasteiger partial charge is 0.404 e. The molecule has 0 aliphatic carbocycles. The Bertz CT molecular complexity index is 1460. The molecule has 0 aliphatic rings. The summed E-state index contributed by atoms with van der Waals surface area (Å²) < 4.78 is 22.1. The third-order valence-corrected chi connectivity index (χ3v) is 5.25. The van der Waals surface area contributed by atoms with E-state index in [-0.39, 0.29) is 12.4 Å². The number of carbonyl (C=O) groups is 1. The number of rotatable bonds is 7. The number of nitrogens with one attached hydrogen (secondary N) is 1. The lowest BCUT2D eigenvalue weighted by Crippen LogP contribution is -2.16. The van der Waals surface area contributed by atoms with E-state index in [1.807, 2.05) is 45.8 Å². The normalized spacial score (nSPS) is 11.2. The van der Waals surface area contributed by atoms with Gasteiger partial charge in [-0.15, -0.1) is 0 Å². The molecule has 0 bridgehead atoms.